The molecule has 2 saturated heterocycles. The monoisotopic (exact) mass is 476 g/mol. The van der Waals surface area contributed by atoms with Crippen LogP contribution in [0.1, 0.15) is 30.0 Å². The quantitative estimate of drug-likeness (QED) is 0.542. The number of likely N-dealkylation sites (tertiary alicyclic amines) is 1. The fourth-order valence-corrected chi connectivity index (χ4v) is 6.01. The third-order valence-corrected chi connectivity index (χ3v) is 7.51. The Morgan fingerprint density at radius 1 is 1.14 bits per heavy atom. The Labute approximate surface area is 200 Å². The van der Waals surface area contributed by atoms with Crippen molar-refractivity contribution in [3.63, 3.8) is 0 Å². The van der Waals surface area contributed by atoms with E-state index in [0.717, 1.165) is 5.56 Å². The molecule has 0 radical (unpaired) electrons. The Hall–Kier alpha value is -3.92. The first-order valence-electron chi connectivity index (χ1n) is 11.6. The number of fused-ring (bicyclic) bond motifs is 5. The van der Waals surface area contributed by atoms with Gasteiger partial charge in [0.2, 0.25) is 30.4 Å². The molecule has 4 amide bonds. The van der Waals surface area contributed by atoms with E-state index in [1.165, 1.54) is 4.90 Å². The summed E-state index contributed by atoms with van der Waals surface area (Å²) in [6.45, 7) is 2.11. The van der Waals surface area contributed by atoms with Gasteiger partial charge in [0.15, 0.2) is 11.5 Å². The molecule has 10 heteroatoms. The molecule has 4 atom stereocenters. The fourth-order valence-electron chi connectivity index (χ4n) is 6.01. The minimum absolute atomic E-state index is 0.0180. The molecule has 0 bridgehead atoms. The Bertz CT molecular complexity index is 1310. The third kappa shape index (κ3) is 2.92. The summed E-state index contributed by atoms with van der Waals surface area (Å²) >= 11 is 0. The van der Waals surface area contributed by atoms with Gasteiger partial charge in [-0.3, -0.25) is 29.4 Å². The number of amides is 4. The number of imide groups is 1. The number of nitrogens with two attached hydrogens (primary N) is 1. The van der Waals surface area contributed by atoms with Crippen LogP contribution >= 0.6 is 0 Å². The summed E-state index contributed by atoms with van der Waals surface area (Å²) in [6.07, 6.45) is 0.511. The van der Waals surface area contributed by atoms with Crippen LogP contribution in [0.15, 0.2) is 36.4 Å². The summed E-state index contributed by atoms with van der Waals surface area (Å²) in [4.78, 5) is 54.1. The van der Waals surface area contributed by atoms with Crippen molar-refractivity contribution in [3.8, 4) is 11.5 Å². The molecular weight excluding hydrogens is 452 g/mol. The molecule has 2 aromatic rings. The highest BCUT2D eigenvalue weighted by atomic mass is 16.7. The second kappa shape index (κ2) is 7.54. The molecule has 0 aliphatic carbocycles. The lowest BCUT2D eigenvalue weighted by Crippen LogP contribution is -2.53. The summed E-state index contributed by atoms with van der Waals surface area (Å²) in [6, 6.07) is 10.0. The second-order valence-corrected chi connectivity index (χ2v) is 9.33. The van der Waals surface area contributed by atoms with Crippen molar-refractivity contribution in [1.82, 2.24) is 10.2 Å². The molecule has 6 rings (SSSR count). The number of nitrogens with zero attached hydrogens (tertiary/aromatic N) is 1. The first-order valence-corrected chi connectivity index (χ1v) is 11.6. The zero-order valence-electron chi connectivity index (χ0n) is 19.0. The highest BCUT2D eigenvalue weighted by Crippen LogP contribution is 2.54. The lowest BCUT2D eigenvalue weighted by Gasteiger charge is -2.29. The number of hydrogen-bond donors (Lipinski definition) is 3. The standard InChI is InChI=1S/C25H24N4O6/c1-2-13-4-3-5-14-21(13)27-24(33)25(14)20-19(15(28-25)9-18(26)30)22(31)29(23(20)32)10-12-6-7-16-17(8-12)35-11-34-16/h3-8,15,19-20,28H,2,9-11H2,1H3,(H2,26,30)(H,27,33)/t15-,19-,20-,25+/m1/s1. The second-order valence-electron chi connectivity index (χ2n) is 9.33. The number of hydrogen-bond acceptors (Lipinski definition) is 7. The van der Waals surface area contributed by atoms with E-state index in [9.17, 15) is 19.2 Å². The molecule has 1 spiro atoms. The van der Waals surface area contributed by atoms with Gasteiger partial charge in [-0.2, -0.15) is 0 Å². The van der Waals surface area contributed by atoms with Crippen LogP contribution in [-0.4, -0.2) is 41.4 Å². The lowest BCUT2D eigenvalue weighted by atomic mass is 9.76. The Morgan fingerprint density at radius 2 is 1.94 bits per heavy atom. The number of nitrogens with one attached hydrogen (secondary N) is 2. The van der Waals surface area contributed by atoms with E-state index in [2.05, 4.69) is 10.6 Å². The Morgan fingerprint density at radius 3 is 2.71 bits per heavy atom. The molecule has 4 aliphatic heterocycles. The molecule has 4 N–H and O–H groups in total. The number of aryl methyl sites for hydroxylation is 1. The van der Waals surface area contributed by atoms with E-state index in [0.29, 0.717) is 34.7 Å². The number of carbonyl (C=O) groups is 4. The zero-order chi connectivity index (χ0) is 24.5. The average Bonchev–Trinajstić information content (AvgIpc) is 3.55. The van der Waals surface area contributed by atoms with E-state index >= 15 is 0 Å². The van der Waals surface area contributed by atoms with Crippen LogP contribution in [0.25, 0.3) is 0 Å². The smallest absolute Gasteiger partial charge is 0.250 e. The maximum Gasteiger partial charge on any atom is 0.250 e. The number of benzene rings is 2. The minimum Gasteiger partial charge on any atom is -0.454 e. The van der Waals surface area contributed by atoms with Crippen molar-refractivity contribution in [2.24, 2.45) is 17.6 Å². The SMILES string of the molecule is CCc1cccc2c1NC(=O)[C@]21N[C@H](CC(N)=O)[C@H]2C(=O)N(Cc3ccc4c(c3)OCO4)C(=O)[C@@H]21. The van der Waals surface area contributed by atoms with Gasteiger partial charge in [-0.25, -0.2) is 0 Å². The molecule has 10 nitrogen and oxygen atoms in total. The van der Waals surface area contributed by atoms with Crippen molar-refractivity contribution in [2.45, 2.75) is 37.9 Å². The van der Waals surface area contributed by atoms with Gasteiger partial charge in [-0.15, -0.1) is 0 Å². The fraction of sp³-hybridized carbons (Fsp3) is 0.360. The van der Waals surface area contributed by atoms with Gasteiger partial charge in [0.05, 0.1) is 18.4 Å². The maximum absolute atomic E-state index is 13.9. The molecule has 0 saturated carbocycles. The molecule has 4 aliphatic rings. The predicted octanol–water partition coefficient (Wildman–Crippen LogP) is 0.774. The normalized spacial score (nSPS) is 28.0. The molecule has 2 aromatic carbocycles. The van der Waals surface area contributed by atoms with Gasteiger partial charge in [-0.05, 0) is 29.7 Å². The number of rotatable bonds is 5. The largest absolute Gasteiger partial charge is 0.454 e. The van der Waals surface area contributed by atoms with Gasteiger partial charge in [0.25, 0.3) is 0 Å². The molecular formula is C25H24N4O6. The van der Waals surface area contributed by atoms with Crippen LogP contribution < -0.4 is 25.8 Å². The van der Waals surface area contributed by atoms with E-state index in [4.69, 9.17) is 15.2 Å². The van der Waals surface area contributed by atoms with Gasteiger partial charge >= 0.3 is 0 Å². The predicted molar refractivity (Wildman–Crippen MR) is 122 cm³/mol. The van der Waals surface area contributed by atoms with Crippen molar-refractivity contribution in [1.29, 1.82) is 0 Å². The average molecular weight is 476 g/mol. The van der Waals surface area contributed by atoms with Gasteiger partial charge < -0.3 is 20.5 Å². The number of para-hydroxylation sites is 1. The molecule has 180 valence electrons. The van der Waals surface area contributed by atoms with E-state index < -0.39 is 47.0 Å². The summed E-state index contributed by atoms with van der Waals surface area (Å²) in [5, 5.41) is 6.15. The first kappa shape index (κ1) is 21.6. The summed E-state index contributed by atoms with van der Waals surface area (Å²) in [7, 11) is 0. The van der Waals surface area contributed by atoms with Crippen molar-refractivity contribution >= 4 is 29.3 Å². The van der Waals surface area contributed by atoms with Crippen LogP contribution in [0.3, 0.4) is 0 Å². The lowest BCUT2D eigenvalue weighted by molar-refractivity contribution is -0.143. The van der Waals surface area contributed by atoms with Crippen LogP contribution in [0.2, 0.25) is 0 Å². The molecule has 35 heavy (non-hydrogen) atoms. The van der Waals surface area contributed by atoms with Crippen molar-refractivity contribution in [3.05, 3.63) is 53.1 Å². The van der Waals surface area contributed by atoms with Gasteiger partial charge in [0.1, 0.15) is 5.54 Å². The van der Waals surface area contributed by atoms with Gasteiger partial charge in [0, 0.05) is 23.7 Å². The molecule has 2 fully saturated rings. The molecule has 0 unspecified atom stereocenters. The van der Waals surface area contributed by atoms with E-state index in [-0.39, 0.29) is 19.8 Å². The number of anilines is 1. The van der Waals surface area contributed by atoms with Crippen molar-refractivity contribution < 1.29 is 28.7 Å². The zero-order valence-corrected chi connectivity index (χ0v) is 19.0. The van der Waals surface area contributed by atoms with E-state index in [1.807, 2.05) is 19.1 Å². The number of ether oxygens (including phenoxy) is 2. The van der Waals surface area contributed by atoms with E-state index in [1.54, 1.807) is 24.3 Å². The number of primary amides is 1. The topological polar surface area (TPSA) is 140 Å². The summed E-state index contributed by atoms with van der Waals surface area (Å²) < 4.78 is 10.8. The van der Waals surface area contributed by atoms with Crippen LogP contribution in [-0.2, 0) is 37.7 Å². The van der Waals surface area contributed by atoms with Crippen LogP contribution in [0.4, 0.5) is 5.69 Å². The summed E-state index contributed by atoms with van der Waals surface area (Å²) in [5.41, 5.74) is 6.93. The first-order chi connectivity index (χ1) is 16.8. The number of carbonyl (C=O) groups excluding carboxylic acids is 4. The van der Waals surface area contributed by atoms with Crippen LogP contribution in [0, 0.1) is 11.8 Å². The Balaban J connectivity index is 1.42. The van der Waals surface area contributed by atoms with Crippen molar-refractivity contribution in [2.75, 3.05) is 12.1 Å². The highest BCUT2D eigenvalue weighted by Gasteiger charge is 2.70. The van der Waals surface area contributed by atoms with Crippen LogP contribution in [0.5, 0.6) is 11.5 Å². The third-order valence-electron chi connectivity index (χ3n) is 7.51. The highest BCUT2D eigenvalue weighted by molar-refractivity contribution is 6.15. The maximum atomic E-state index is 13.9. The van der Waals surface area contributed by atoms with Gasteiger partial charge in [-0.1, -0.05) is 31.2 Å². The minimum atomic E-state index is -1.46. The molecule has 4 heterocycles. The Kier molecular flexibility index (Phi) is 4.65. The molecule has 0 aromatic heterocycles. The summed E-state index contributed by atoms with van der Waals surface area (Å²) in [5.74, 6) is -2.66.